The third kappa shape index (κ3) is 5.73. The molecule has 0 aromatic carbocycles. The van der Waals surface area contributed by atoms with Gasteiger partial charge in [-0.2, -0.15) is 0 Å². The predicted molar refractivity (Wildman–Crippen MR) is 125 cm³/mol. The SMILES string of the molecule is C=C(CC)N(C)C(=O)OCc1c(-c2ccc(O[C@H]3CCC[C@H](C(=O)O)C3)c(CC)n2)nnn1C. The van der Waals surface area contributed by atoms with Crippen molar-refractivity contribution in [1.82, 2.24) is 24.9 Å². The van der Waals surface area contributed by atoms with Gasteiger partial charge in [-0.1, -0.05) is 25.6 Å². The number of pyridine rings is 1. The number of carbonyl (C=O) groups excluding carboxylic acids is 1. The molecule has 1 aliphatic rings. The number of allylic oxidation sites excluding steroid dienone is 1. The first-order valence-electron chi connectivity index (χ1n) is 11.6. The Morgan fingerprint density at radius 2 is 2.06 bits per heavy atom. The molecule has 1 N–H and O–H groups in total. The van der Waals surface area contributed by atoms with Gasteiger partial charge in [-0.25, -0.2) is 14.5 Å². The van der Waals surface area contributed by atoms with E-state index in [1.807, 2.05) is 19.9 Å². The van der Waals surface area contributed by atoms with Crippen LogP contribution in [0.4, 0.5) is 4.79 Å². The van der Waals surface area contributed by atoms with E-state index in [4.69, 9.17) is 14.5 Å². The first-order valence-corrected chi connectivity index (χ1v) is 11.6. The number of carboxylic acids is 1. The Labute approximate surface area is 199 Å². The van der Waals surface area contributed by atoms with Crippen LogP contribution < -0.4 is 4.74 Å². The number of rotatable bonds is 9. The van der Waals surface area contributed by atoms with E-state index in [2.05, 4.69) is 16.9 Å². The lowest BCUT2D eigenvalue weighted by atomic mass is 9.87. The fourth-order valence-electron chi connectivity index (χ4n) is 3.97. The van der Waals surface area contributed by atoms with E-state index >= 15 is 0 Å². The number of ether oxygens (including phenoxy) is 2. The van der Waals surface area contributed by atoms with E-state index in [1.165, 1.54) is 4.90 Å². The van der Waals surface area contributed by atoms with Crippen molar-refractivity contribution in [3.8, 4) is 17.1 Å². The van der Waals surface area contributed by atoms with Gasteiger partial charge in [0.15, 0.2) is 0 Å². The second-order valence-electron chi connectivity index (χ2n) is 8.48. The standard InChI is InChI=1S/C24H33N5O5/c1-6-15(3)28(4)24(32)33-14-20-22(26-27-29(20)5)19-11-12-21(18(7-2)25-19)34-17-10-8-9-16(13-17)23(30)31/h11-12,16-17H,3,6-10,13-14H2,1-2,4-5H3,(H,30,31)/t16-,17-/m0/s1. The van der Waals surface area contributed by atoms with Gasteiger partial charge < -0.3 is 14.6 Å². The van der Waals surface area contributed by atoms with E-state index in [0.29, 0.717) is 54.2 Å². The molecule has 2 heterocycles. The van der Waals surface area contributed by atoms with Crippen LogP contribution in [-0.2, 0) is 29.6 Å². The molecule has 1 aliphatic carbocycles. The number of carbonyl (C=O) groups is 2. The van der Waals surface area contributed by atoms with Crippen molar-refractivity contribution < 1.29 is 24.2 Å². The number of aliphatic carboxylic acids is 1. The minimum atomic E-state index is -0.765. The molecule has 184 valence electrons. The topological polar surface area (TPSA) is 120 Å². The Balaban J connectivity index is 1.76. The molecule has 0 aliphatic heterocycles. The molecular weight excluding hydrogens is 438 g/mol. The monoisotopic (exact) mass is 471 g/mol. The minimum Gasteiger partial charge on any atom is -0.488 e. The molecule has 1 fully saturated rings. The van der Waals surface area contributed by atoms with Crippen LogP contribution in [0.25, 0.3) is 11.4 Å². The summed E-state index contributed by atoms with van der Waals surface area (Å²) in [7, 11) is 3.35. The number of carboxylic acid groups (broad SMARTS) is 1. The summed E-state index contributed by atoms with van der Waals surface area (Å²) in [4.78, 5) is 29.8. The highest BCUT2D eigenvalue weighted by molar-refractivity contribution is 5.70. The summed E-state index contributed by atoms with van der Waals surface area (Å²) in [6.45, 7) is 7.73. The van der Waals surface area contributed by atoms with E-state index in [0.717, 1.165) is 18.5 Å². The largest absolute Gasteiger partial charge is 0.488 e. The lowest BCUT2D eigenvalue weighted by molar-refractivity contribution is -0.143. The number of aromatic nitrogens is 4. The molecule has 3 rings (SSSR count). The summed E-state index contributed by atoms with van der Waals surface area (Å²) in [6, 6.07) is 3.64. The maximum Gasteiger partial charge on any atom is 0.414 e. The number of hydrogen-bond donors (Lipinski definition) is 1. The molecule has 1 saturated carbocycles. The summed E-state index contributed by atoms with van der Waals surface area (Å²) < 4.78 is 13.2. The molecular formula is C24H33N5O5. The third-order valence-corrected chi connectivity index (χ3v) is 6.21. The molecule has 2 atom stereocenters. The molecule has 0 unspecified atom stereocenters. The van der Waals surface area contributed by atoms with Gasteiger partial charge in [0.1, 0.15) is 23.7 Å². The maximum absolute atomic E-state index is 12.3. The van der Waals surface area contributed by atoms with Crippen LogP contribution in [0.2, 0.25) is 0 Å². The van der Waals surface area contributed by atoms with Gasteiger partial charge in [-0.05, 0) is 50.7 Å². The Bertz CT molecular complexity index is 1050. The fourth-order valence-corrected chi connectivity index (χ4v) is 3.97. The number of amides is 1. The van der Waals surface area contributed by atoms with E-state index in [-0.39, 0.29) is 18.6 Å². The smallest absolute Gasteiger partial charge is 0.414 e. The van der Waals surface area contributed by atoms with Crippen LogP contribution in [-0.4, -0.2) is 55.2 Å². The zero-order valence-corrected chi connectivity index (χ0v) is 20.3. The Morgan fingerprint density at radius 1 is 1.29 bits per heavy atom. The highest BCUT2D eigenvalue weighted by Crippen LogP contribution is 2.31. The third-order valence-electron chi connectivity index (χ3n) is 6.21. The van der Waals surface area contributed by atoms with Crippen LogP contribution in [0, 0.1) is 5.92 Å². The van der Waals surface area contributed by atoms with Crippen LogP contribution >= 0.6 is 0 Å². The molecule has 0 bridgehead atoms. The summed E-state index contributed by atoms with van der Waals surface area (Å²) in [5, 5.41) is 17.7. The number of aryl methyl sites for hydroxylation is 2. The van der Waals surface area contributed by atoms with Crippen molar-refractivity contribution in [3.05, 3.63) is 35.8 Å². The Kier molecular flexibility index (Phi) is 8.25. The van der Waals surface area contributed by atoms with Gasteiger partial charge in [0.05, 0.1) is 23.4 Å². The average molecular weight is 472 g/mol. The minimum absolute atomic E-state index is 0.0148. The second-order valence-corrected chi connectivity index (χ2v) is 8.48. The zero-order valence-electron chi connectivity index (χ0n) is 20.3. The summed E-state index contributed by atoms with van der Waals surface area (Å²) >= 11 is 0. The van der Waals surface area contributed by atoms with Crippen molar-refractivity contribution in [3.63, 3.8) is 0 Å². The Morgan fingerprint density at radius 3 is 2.74 bits per heavy atom. The van der Waals surface area contributed by atoms with Crippen molar-refractivity contribution >= 4 is 12.1 Å². The molecule has 0 radical (unpaired) electrons. The van der Waals surface area contributed by atoms with Crippen LogP contribution in [0.1, 0.15) is 57.3 Å². The zero-order chi connectivity index (χ0) is 24.8. The van der Waals surface area contributed by atoms with Crippen molar-refractivity contribution in [2.45, 2.75) is 65.1 Å². The molecule has 1 amide bonds. The molecule has 2 aromatic heterocycles. The maximum atomic E-state index is 12.3. The van der Waals surface area contributed by atoms with Crippen LogP contribution in [0.15, 0.2) is 24.4 Å². The van der Waals surface area contributed by atoms with Gasteiger partial charge in [0.25, 0.3) is 0 Å². The first kappa shape index (κ1) is 25.2. The van der Waals surface area contributed by atoms with Gasteiger partial charge >= 0.3 is 12.1 Å². The first-order chi connectivity index (χ1) is 16.2. The summed E-state index contributed by atoms with van der Waals surface area (Å²) in [5.41, 5.74) is 3.15. The van der Waals surface area contributed by atoms with Gasteiger partial charge in [-0.3, -0.25) is 9.69 Å². The van der Waals surface area contributed by atoms with E-state index in [9.17, 15) is 14.7 Å². The van der Waals surface area contributed by atoms with Gasteiger partial charge in [0.2, 0.25) is 0 Å². The predicted octanol–water partition coefficient (Wildman–Crippen LogP) is 3.95. The van der Waals surface area contributed by atoms with Crippen LogP contribution in [0.3, 0.4) is 0 Å². The summed E-state index contributed by atoms with van der Waals surface area (Å²) in [6.07, 6.45) is 3.47. The molecule has 34 heavy (non-hydrogen) atoms. The highest BCUT2D eigenvalue weighted by atomic mass is 16.6. The lowest BCUT2D eigenvalue weighted by Crippen LogP contribution is -2.29. The van der Waals surface area contributed by atoms with Crippen molar-refractivity contribution in [1.29, 1.82) is 0 Å². The van der Waals surface area contributed by atoms with Gasteiger partial charge in [0, 0.05) is 19.8 Å². The molecule has 0 spiro atoms. The van der Waals surface area contributed by atoms with E-state index in [1.54, 1.807) is 24.8 Å². The number of hydrogen-bond acceptors (Lipinski definition) is 7. The quantitative estimate of drug-likeness (QED) is 0.584. The highest BCUT2D eigenvalue weighted by Gasteiger charge is 2.29. The average Bonchev–Trinajstić information content (AvgIpc) is 3.21. The normalized spacial score (nSPS) is 17.8. The van der Waals surface area contributed by atoms with Gasteiger partial charge in [-0.15, -0.1) is 5.10 Å². The number of nitrogens with zero attached hydrogens (tertiary/aromatic N) is 5. The second kappa shape index (κ2) is 11.1. The van der Waals surface area contributed by atoms with Crippen molar-refractivity contribution in [2.24, 2.45) is 13.0 Å². The molecule has 10 nitrogen and oxygen atoms in total. The molecule has 10 heteroatoms. The van der Waals surface area contributed by atoms with Crippen LogP contribution in [0.5, 0.6) is 5.75 Å². The fraction of sp³-hybridized carbons (Fsp3) is 0.542. The summed E-state index contributed by atoms with van der Waals surface area (Å²) in [5.74, 6) is -0.480. The van der Waals surface area contributed by atoms with Crippen molar-refractivity contribution in [2.75, 3.05) is 7.05 Å². The van der Waals surface area contributed by atoms with E-state index < -0.39 is 12.1 Å². The molecule has 0 saturated heterocycles. The Hall–Kier alpha value is -3.43. The molecule has 2 aromatic rings. The lowest BCUT2D eigenvalue weighted by Gasteiger charge is -2.28.